The molecule has 0 heterocycles. The Bertz CT molecular complexity index is 590. The first-order valence-corrected chi connectivity index (χ1v) is 18.5. The minimum Gasteiger partial charge on any atom is -0.413 e. The molecule has 10 heteroatoms. The van der Waals surface area contributed by atoms with Crippen molar-refractivity contribution in [1.29, 1.82) is 0 Å². The Hall–Kier alpha value is 0.394. The summed E-state index contributed by atoms with van der Waals surface area (Å²) in [6.45, 7) is 25.7. The average Bonchev–Trinajstić information content (AvgIpc) is 2.55. The summed E-state index contributed by atoms with van der Waals surface area (Å²) in [6, 6.07) is 0. The van der Waals surface area contributed by atoms with Gasteiger partial charge in [-0.05, 0) is 57.0 Å². The molecule has 0 bridgehead atoms. The molecule has 0 aromatic carbocycles. The molecule has 0 amide bonds. The number of phosphoric ester groups is 1. The first-order chi connectivity index (χ1) is 13.6. The van der Waals surface area contributed by atoms with Crippen molar-refractivity contribution < 1.29 is 31.4 Å². The van der Waals surface area contributed by atoms with E-state index >= 15 is 4.39 Å². The molecule has 0 saturated heterocycles. The first-order valence-electron chi connectivity index (χ1n) is 11.2. The van der Waals surface area contributed by atoms with E-state index in [1.807, 2.05) is 0 Å². The second kappa shape index (κ2) is 11.2. The highest BCUT2D eigenvalue weighted by Gasteiger charge is 2.47. The summed E-state index contributed by atoms with van der Waals surface area (Å²) in [5.74, 6) is 0. The van der Waals surface area contributed by atoms with Crippen molar-refractivity contribution in [2.45, 2.75) is 110 Å². The molecule has 0 radical (unpaired) electrons. The zero-order valence-electron chi connectivity index (χ0n) is 22.2. The summed E-state index contributed by atoms with van der Waals surface area (Å²) in [6.07, 6.45) is -0.979. The smallest absolute Gasteiger partial charge is 0.413 e. The molecule has 0 saturated carbocycles. The second-order valence-corrected chi connectivity index (χ2v) is 22.5. The van der Waals surface area contributed by atoms with Crippen LogP contribution in [0, 0.1) is 0 Å². The topological polar surface area (TPSA) is 63.2 Å². The molecular formula is C21H48FO6PSi2. The van der Waals surface area contributed by atoms with E-state index in [1.165, 1.54) is 6.92 Å². The molecule has 0 aliphatic carbocycles. The summed E-state index contributed by atoms with van der Waals surface area (Å²) >= 11 is 0. The van der Waals surface area contributed by atoms with Crippen LogP contribution < -0.4 is 0 Å². The lowest BCUT2D eigenvalue weighted by Crippen LogP contribution is -2.54. The Kier molecular flexibility index (Phi) is 11.4. The maximum atomic E-state index is 16.1. The van der Waals surface area contributed by atoms with Gasteiger partial charge in [0, 0.05) is 0 Å². The van der Waals surface area contributed by atoms with Gasteiger partial charge >= 0.3 is 7.82 Å². The van der Waals surface area contributed by atoms with Crippen molar-refractivity contribution in [3.05, 3.63) is 0 Å². The molecule has 31 heavy (non-hydrogen) atoms. The molecule has 0 fully saturated rings. The summed E-state index contributed by atoms with van der Waals surface area (Å²) in [5.41, 5.74) is -1.85. The third-order valence-electron chi connectivity index (χ3n) is 6.39. The number of hydrogen-bond acceptors (Lipinski definition) is 6. The van der Waals surface area contributed by atoms with Crippen molar-refractivity contribution in [3.8, 4) is 0 Å². The van der Waals surface area contributed by atoms with Crippen LogP contribution in [-0.2, 0) is 27.0 Å². The molecular weight excluding hydrogens is 454 g/mol. The van der Waals surface area contributed by atoms with Gasteiger partial charge in [0.05, 0.1) is 26.4 Å². The Morgan fingerprint density at radius 3 is 1.58 bits per heavy atom. The average molecular weight is 503 g/mol. The number of alkyl halides is 1. The van der Waals surface area contributed by atoms with Gasteiger partial charge in [0.25, 0.3) is 0 Å². The van der Waals surface area contributed by atoms with Gasteiger partial charge < -0.3 is 8.85 Å². The Morgan fingerprint density at radius 1 is 0.806 bits per heavy atom. The van der Waals surface area contributed by atoms with Gasteiger partial charge in [-0.25, -0.2) is 8.96 Å². The lowest BCUT2D eigenvalue weighted by molar-refractivity contribution is -0.0486. The van der Waals surface area contributed by atoms with Crippen LogP contribution in [0.15, 0.2) is 0 Å². The fraction of sp³-hybridized carbons (Fsp3) is 1.00. The van der Waals surface area contributed by atoms with E-state index in [4.69, 9.17) is 22.4 Å². The van der Waals surface area contributed by atoms with Crippen molar-refractivity contribution in [2.24, 2.45) is 0 Å². The highest BCUT2D eigenvalue weighted by atomic mass is 31.2. The van der Waals surface area contributed by atoms with Gasteiger partial charge in [-0.15, -0.1) is 0 Å². The Labute approximate surface area is 192 Å². The third kappa shape index (κ3) is 9.65. The van der Waals surface area contributed by atoms with E-state index in [9.17, 15) is 4.57 Å². The standard InChI is InChI=1S/C21H48FO6PSi2/c1-14-24-29(23,25-15-2)26-16-18(28-31(12,13)20(6,7)8)21(9,22)17-27-30(10,11)19(3,4)5/h18H,14-17H2,1-13H3/t18-,21+/m1/s1. The van der Waals surface area contributed by atoms with E-state index < -0.39 is 36.2 Å². The minimum absolute atomic E-state index is 0.0466. The molecule has 0 aromatic heterocycles. The van der Waals surface area contributed by atoms with E-state index in [-0.39, 0.29) is 36.5 Å². The Balaban J connectivity index is 5.77. The third-order valence-corrected chi connectivity index (χ3v) is 17.0. The molecule has 0 aromatic rings. The summed E-state index contributed by atoms with van der Waals surface area (Å²) < 4.78 is 57.4. The molecule has 188 valence electrons. The predicted molar refractivity (Wildman–Crippen MR) is 132 cm³/mol. The van der Waals surface area contributed by atoms with Gasteiger partial charge in [-0.2, -0.15) is 0 Å². The van der Waals surface area contributed by atoms with Gasteiger partial charge in [-0.1, -0.05) is 41.5 Å². The summed E-state index contributed by atoms with van der Waals surface area (Å²) in [5, 5.41) is -0.180. The van der Waals surface area contributed by atoms with Crippen LogP contribution in [0.1, 0.15) is 62.3 Å². The van der Waals surface area contributed by atoms with Crippen LogP contribution in [0.3, 0.4) is 0 Å². The van der Waals surface area contributed by atoms with Gasteiger partial charge in [0.15, 0.2) is 22.3 Å². The maximum Gasteiger partial charge on any atom is 0.474 e. The van der Waals surface area contributed by atoms with E-state index in [0.717, 1.165) is 0 Å². The van der Waals surface area contributed by atoms with Crippen LogP contribution in [-0.4, -0.2) is 54.8 Å². The zero-order valence-corrected chi connectivity index (χ0v) is 25.1. The minimum atomic E-state index is -3.79. The fourth-order valence-corrected chi connectivity index (χ4v) is 5.71. The molecule has 0 rings (SSSR count). The lowest BCUT2D eigenvalue weighted by Gasteiger charge is -2.44. The van der Waals surface area contributed by atoms with Crippen LogP contribution in [0.25, 0.3) is 0 Å². The van der Waals surface area contributed by atoms with Gasteiger partial charge in [-0.3, -0.25) is 13.6 Å². The van der Waals surface area contributed by atoms with Crippen LogP contribution >= 0.6 is 7.82 Å². The number of rotatable bonds is 13. The van der Waals surface area contributed by atoms with E-state index in [0.29, 0.717) is 0 Å². The first kappa shape index (κ1) is 31.4. The molecule has 2 atom stereocenters. The van der Waals surface area contributed by atoms with E-state index in [2.05, 4.69) is 67.7 Å². The molecule has 0 aliphatic heterocycles. The largest absolute Gasteiger partial charge is 0.474 e. The number of hydrogen-bond donors (Lipinski definition) is 0. The van der Waals surface area contributed by atoms with E-state index in [1.54, 1.807) is 13.8 Å². The highest BCUT2D eigenvalue weighted by Crippen LogP contribution is 2.50. The predicted octanol–water partition coefficient (Wildman–Crippen LogP) is 7.32. The van der Waals surface area contributed by atoms with Crippen LogP contribution in [0.5, 0.6) is 0 Å². The monoisotopic (exact) mass is 502 g/mol. The Morgan fingerprint density at radius 2 is 1.23 bits per heavy atom. The highest BCUT2D eigenvalue weighted by molar-refractivity contribution is 7.48. The maximum absolute atomic E-state index is 16.1. The normalized spacial score (nSPS) is 17.5. The second-order valence-electron chi connectivity index (χ2n) is 11.3. The zero-order chi connectivity index (χ0) is 24.9. The molecule has 0 spiro atoms. The van der Waals surface area contributed by atoms with Crippen molar-refractivity contribution in [2.75, 3.05) is 26.4 Å². The fourth-order valence-electron chi connectivity index (χ4n) is 2.08. The molecule has 0 aliphatic rings. The van der Waals surface area contributed by atoms with Crippen LogP contribution in [0.2, 0.25) is 36.3 Å². The summed E-state index contributed by atoms with van der Waals surface area (Å²) in [7, 11) is -8.32. The quantitative estimate of drug-likeness (QED) is 0.194. The molecule has 0 N–H and O–H groups in total. The van der Waals surface area contributed by atoms with Crippen molar-refractivity contribution in [3.63, 3.8) is 0 Å². The van der Waals surface area contributed by atoms with Crippen molar-refractivity contribution >= 4 is 24.5 Å². The van der Waals surface area contributed by atoms with Crippen molar-refractivity contribution in [1.82, 2.24) is 0 Å². The van der Waals surface area contributed by atoms with Gasteiger partial charge in [0.2, 0.25) is 0 Å². The summed E-state index contributed by atoms with van der Waals surface area (Å²) in [4.78, 5) is 0. The van der Waals surface area contributed by atoms with Crippen LogP contribution in [0.4, 0.5) is 4.39 Å². The molecule has 6 nitrogen and oxygen atoms in total. The SMILES string of the molecule is CCOP(=O)(OCC)OC[C@@H](O[Si](C)(C)C(C)(C)C)[C@@](C)(F)CO[Si](C)(C)C(C)(C)C. The number of halogens is 1. The number of phosphoric acid groups is 1. The molecule has 0 unspecified atom stereocenters. The lowest BCUT2D eigenvalue weighted by atomic mass is 10.0. The van der Waals surface area contributed by atoms with Gasteiger partial charge in [0.1, 0.15) is 6.10 Å².